The topological polar surface area (TPSA) is 118 Å². The molecule has 11 heteroatoms. The van der Waals surface area contributed by atoms with Crippen LogP contribution in [-0.2, 0) is 15.1 Å². The van der Waals surface area contributed by atoms with E-state index in [-0.39, 0.29) is 5.82 Å². The average Bonchev–Trinajstić information content (AvgIpc) is 3.22. The maximum atomic E-state index is 15.3. The highest BCUT2D eigenvalue weighted by molar-refractivity contribution is 5.49. The van der Waals surface area contributed by atoms with Gasteiger partial charge in [-0.1, -0.05) is 54.6 Å². The Morgan fingerprint density at radius 1 is 0.927 bits per heavy atom. The second-order valence-corrected chi connectivity index (χ2v) is 9.50. The molecule has 5 rings (SSSR count). The van der Waals surface area contributed by atoms with E-state index in [1.807, 2.05) is 54.6 Å². The molecule has 3 N–H and O–H groups in total. The Morgan fingerprint density at radius 2 is 1.46 bits per heavy atom. The first-order valence-electron chi connectivity index (χ1n) is 12.7. The predicted molar refractivity (Wildman–Crippen MR) is 146 cm³/mol. The minimum absolute atomic E-state index is 0.125. The van der Waals surface area contributed by atoms with Gasteiger partial charge in [-0.15, -0.1) is 0 Å². The zero-order valence-corrected chi connectivity index (χ0v) is 22.3. The number of anilines is 1. The van der Waals surface area contributed by atoms with Crippen molar-refractivity contribution in [2.75, 3.05) is 26.6 Å². The van der Waals surface area contributed by atoms with E-state index in [4.69, 9.17) is 24.7 Å². The van der Waals surface area contributed by atoms with Crippen LogP contribution in [0.5, 0.6) is 11.5 Å². The molecule has 214 valence electrons. The number of methoxy groups -OCH3 is 2. The van der Waals surface area contributed by atoms with Crippen molar-refractivity contribution in [3.63, 3.8) is 0 Å². The number of nitrogens with zero attached hydrogens (tertiary/aromatic N) is 2. The van der Waals surface area contributed by atoms with E-state index in [0.29, 0.717) is 32.8 Å². The zero-order chi connectivity index (χ0) is 29.2. The molecule has 1 aliphatic rings. The Bertz CT molecular complexity index is 1480. The van der Waals surface area contributed by atoms with E-state index in [1.54, 1.807) is 38.5 Å². The summed E-state index contributed by atoms with van der Waals surface area (Å²) in [4.78, 5) is 15.8. The van der Waals surface area contributed by atoms with Gasteiger partial charge in [-0.25, -0.2) is 4.79 Å². The molecule has 3 aromatic carbocycles. The van der Waals surface area contributed by atoms with Crippen molar-refractivity contribution in [1.29, 1.82) is 0 Å². The van der Waals surface area contributed by atoms with Gasteiger partial charge in [0.1, 0.15) is 29.0 Å². The summed E-state index contributed by atoms with van der Waals surface area (Å²) in [6, 6.07) is 24.8. The number of nitrogen functional groups attached to an aromatic ring is 1. The number of aliphatic hydroxyl groups excluding tert-OH is 1. The Labute approximate surface area is 234 Å². The number of hydrogen-bond acceptors (Lipinski definition) is 8. The molecule has 41 heavy (non-hydrogen) atoms. The Hall–Kier alpha value is -4.32. The van der Waals surface area contributed by atoms with Gasteiger partial charge in [0.05, 0.1) is 20.8 Å². The fraction of sp³-hybridized carbons (Fsp3) is 0.267. The third-order valence-electron chi connectivity index (χ3n) is 7.12. The van der Waals surface area contributed by atoms with Gasteiger partial charge in [0, 0.05) is 6.20 Å². The van der Waals surface area contributed by atoms with Crippen LogP contribution in [0, 0.1) is 0 Å². The molecule has 1 aromatic heterocycles. The lowest BCUT2D eigenvalue weighted by Crippen LogP contribution is -2.43. The number of rotatable bonds is 9. The number of aliphatic hydroxyl groups is 1. The number of hydrogen-bond donors (Lipinski definition) is 2. The largest absolute Gasteiger partial charge is 0.497 e. The Kier molecular flexibility index (Phi) is 7.76. The van der Waals surface area contributed by atoms with Gasteiger partial charge in [-0.2, -0.15) is 13.8 Å². The van der Waals surface area contributed by atoms with E-state index in [9.17, 15) is 9.90 Å². The molecule has 0 spiro atoms. The van der Waals surface area contributed by atoms with Gasteiger partial charge < -0.3 is 29.8 Å². The summed E-state index contributed by atoms with van der Waals surface area (Å²) in [6.07, 6.45) is -4.83. The van der Waals surface area contributed by atoms with Crippen molar-refractivity contribution in [1.82, 2.24) is 9.55 Å². The standard InChI is InChI=1S/C30H29F2N3O6/c1-38-22-12-8-20(9-13-22)29(19-6-4-3-5-7-19,21-10-14-23(39-2)15-11-21)40-18-24-26(36)30(31,32)27(41-24)35-17-16-25(33)34-28(35)37/h3-17,24,26-27,36H,18H2,1-2H3,(H2,33,34,37)/t24-,26+,27-/m1/s1. The highest BCUT2D eigenvalue weighted by Gasteiger charge is 2.60. The van der Waals surface area contributed by atoms with E-state index >= 15 is 8.78 Å². The smallest absolute Gasteiger partial charge is 0.351 e. The van der Waals surface area contributed by atoms with Crippen LogP contribution in [0.4, 0.5) is 14.6 Å². The van der Waals surface area contributed by atoms with Crippen molar-refractivity contribution < 1.29 is 32.8 Å². The molecule has 0 radical (unpaired) electrons. The monoisotopic (exact) mass is 565 g/mol. The second-order valence-electron chi connectivity index (χ2n) is 9.50. The number of alkyl halides is 2. The number of ether oxygens (including phenoxy) is 4. The predicted octanol–water partition coefficient (Wildman–Crippen LogP) is 3.75. The molecule has 9 nitrogen and oxygen atoms in total. The van der Waals surface area contributed by atoms with E-state index < -0.39 is 42.3 Å². The first-order valence-corrected chi connectivity index (χ1v) is 12.7. The summed E-state index contributed by atoms with van der Waals surface area (Å²) in [5.74, 6) is -2.72. The van der Waals surface area contributed by atoms with Crippen molar-refractivity contribution in [2.45, 2.75) is 30.0 Å². The van der Waals surface area contributed by atoms with Gasteiger partial charge in [-0.05, 0) is 47.0 Å². The lowest BCUT2D eigenvalue weighted by atomic mass is 9.80. The number of halogens is 2. The average molecular weight is 566 g/mol. The van der Waals surface area contributed by atoms with E-state index in [2.05, 4.69) is 4.98 Å². The van der Waals surface area contributed by atoms with Gasteiger partial charge in [0.25, 0.3) is 0 Å². The van der Waals surface area contributed by atoms with Crippen LogP contribution in [0.3, 0.4) is 0 Å². The first-order chi connectivity index (χ1) is 19.7. The highest BCUT2D eigenvalue weighted by atomic mass is 19.3. The Morgan fingerprint density at radius 3 is 1.98 bits per heavy atom. The van der Waals surface area contributed by atoms with E-state index in [1.165, 1.54) is 6.07 Å². The van der Waals surface area contributed by atoms with Gasteiger partial charge in [-0.3, -0.25) is 4.57 Å². The molecule has 3 atom stereocenters. The van der Waals surface area contributed by atoms with Crippen molar-refractivity contribution in [3.05, 3.63) is 118 Å². The van der Waals surface area contributed by atoms with Gasteiger partial charge in [0.2, 0.25) is 6.23 Å². The minimum Gasteiger partial charge on any atom is -0.497 e. The Balaban J connectivity index is 1.58. The number of benzene rings is 3. The molecule has 2 heterocycles. The summed E-state index contributed by atoms with van der Waals surface area (Å²) < 4.78 is 54.1. The molecule has 0 bridgehead atoms. The normalized spacial score (nSPS) is 20.1. The van der Waals surface area contributed by atoms with Gasteiger partial charge >= 0.3 is 11.6 Å². The summed E-state index contributed by atoms with van der Waals surface area (Å²) in [5.41, 5.74) is 5.20. The lowest BCUT2D eigenvalue weighted by Gasteiger charge is -2.37. The molecule has 0 aliphatic carbocycles. The summed E-state index contributed by atoms with van der Waals surface area (Å²) in [5, 5.41) is 10.7. The molecular weight excluding hydrogens is 536 g/mol. The molecule has 4 aromatic rings. The molecule has 1 aliphatic heterocycles. The van der Waals surface area contributed by atoms with Crippen LogP contribution < -0.4 is 20.9 Å². The SMILES string of the molecule is COc1ccc(C(OC[C@H]2O[C@@H](n3ccc(N)nc3=O)C(F)(F)[C@H]2O)(c2ccccc2)c2ccc(OC)cc2)cc1. The lowest BCUT2D eigenvalue weighted by molar-refractivity contribution is -0.141. The highest BCUT2D eigenvalue weighted by Crippen LogP contribution is 2.45. The molecule has 0 amide bonds. The van der Waals surface area contributed by atoms with Gasteiger partial charge in [0.15, 0.2) is 6.10 Å². The summed E-state index contributed by atoms with van der Waals surface area (Å²) >= 11 is 0. The first kappa shape index (κ1) is 28.2. The molecule has 0 saturated carbocycles. The third-order valence-corrected chi connectivity index (χ3v) is 7.12. The van der Waals surface area contributed by atoms with Crippen LogP contribution in [-0.4, -0.2) is 53.6 Å². The maximum absolute atomic E-state index is 15.3. The second kappa shape index (κ2) is 11.3. The van der Waals surface area contributed by atoms with E-state index in [0.717, 1.165) is 6.20 Å². The van der Waals surface area contributed by atoms with Crippen LogP contribution in [0.2, 0.25) is 0 Å². The summed E-state index contributed by atoms with van der Waals surface area (Å²) in [6.45, 7) is -0.461. The number of nitrogens with two attached hydrogens (primary N) is 1. The molecular formula is C30H29F2N3O6. The number of aromatic nitrogens is 2. The molecule has 0 unspecified atom stereocenters. The molecule has 1 saturated heterocycles. The van der Waals surface area contributed by atoms with Crippen molar-refractivity contribution in [2.24, 2.45) is 0 Å². The van der Waals surface area contributed by atoms with Crippen molar-refractivity contribution in [3.8, 4) is 11.5 Å². The third kappa shape index (κ3) is 5.15. The molecule has 1 fully saturated rings. The van der Waals surface area contributed by atoms with Crippen molar-refractivity contribution >= 4 is 5.82 Å². The fourth-order valence-electron chi connectivity index (χ4n) is 4.99. The van der Waals surface area contributed by atoms with Crippen LogP contribution >= 0.6 is 0 Å². The maximum Gasteiger partial charge on any atom is 0.351 e. The minimum atomic E-state index is -3.83. The quantitative estimate of drug-likeness (QED) is 0.295. The zero-order valence-electron chi connectivity index (χ0n) is 22.3. The van der Waals surface area contributed by atoms with Crippen LogP contribution in [0.25, 0.3) is 0 Å². The van der Waals surface area contributed by atoms with Crippen LogP contribution in [0.1, 0.15) is 22.9 Å². The fourth-order valence-corrected chi connectivity index (χ4v) is 4.99. The summed E-state index contributed by atoms with van der Waals surface area (Å²) in [7, 11) is 3.10. The van der Waals surface area contributed by atoms with Crippen LogP contribution in [0.15, 0.2) is 95.9 Å².